The first kappa shape index (κ1) is 29.2. The Morgan fingerprint density at radius 3 is 2.19 bits per heavy atom. The second kappa shape index (κ2) is 12.3. The number of benzene rings is 2. The second-order valence-corrected chi connectivity index (χ2v) is 10.5. The molecule has 2 aromatic carbocycles. The summed E-state index contributed by atoms with van der Waals surface area (Å²) in [4.78, 5) is 37.4. The minimum absolute atomic E-state index is 0.0470. The van der Waals surface area contributed by atoms with E-state index in [2.05, 4.69) is 9.88 Å². The lowest BCUT2D eigenvalue weighted by Crippen LogP contribution is -2.65. The van der Waals surface area contributed by atoms with Crippen LogP contribution in [0.4, 0.5) is 19.0 Å². The average molecular weight is 583 g/mol. The van der Waals surface area contributed by atoms with Gasteiger partial charge >= 0.3 is 6.18 Å². The van der Waals surface area contributed by atoms with Crippen molar-refractivity contribution in [2.75, 3.05) is 44.2 Å². The lowest BCUT2D eigenvalue weighted by atomic mass is 9.90. The highest BCUT2D eigenvalue weighted by atomic mass is 19.4. The molecule has 0 bridgehead atoms. The molecule has 0 aliphatic carbocycles. The number of anilines is 1. The summed E-state index contributed by atoms with van der Waals surface area (Å²) >= 11 is 0. The Kier molecular flexibility index (Phi) is 8.56. The van der Waals surface area contributed by atoms with E-state index >= 15 is 0 Å². The van der Waals surface area contributed by atoms with Gasteiger partial charge in [0.1, 0.15) is 17.3 Å². The molecule has 2 unspecified atom stereocenters. The van der Waals surface area contributed by atoms with Crippen molar-refractivity contribution >= 4 is 17.6 Å². The zero-order valence-corrected chi connectivity index (χ0v) is 23.3. The fraction of sp³-hybridized carbons (Fsp3) is 0.387. The van der Waals surface area contributed by atoms with Crippen LogP contribution in [0.2, 0.25) is 0 Å². The van der Waals surface area contributed by atoms with Gasteiger partial charge in [-0.1, -0.05) is 24.3 Å². The van der Waals surface area contributed by atoms with Crippen molar-refractivity contribution in [3.8, 4) is 11.5 Å². The molecule has 2 saturated heterocycles. The molecule has 0 spiro atoms. The highest BCUT2D eigenvalue weighted by molar-refractivity contribution is 5.88. The summed E-state index contributed by atoms with van der Waals surface area (Å²) in [6, 6.07) is 18.9. The average Bonchev–Trinajstić information content (AvgIpc) is 3.01. The summed E-state index contributed by atoms with van der Waals surface area (Å²) in [5, 5.41) is 0. The van der Waals surface area contributed by atoms with Crippen LogP contribution in [0.25, 0.3) is 0 Å². The maximum absolute atomic E-state index is 14.2. The van der Waals surface area contributed by atoms with Crippen LogP contribution >= 0.6 is 0 Å². The molecule has 5 rings (SSSR count). The van der Waals surface area contributed by atoms with Crippen molar-refractivity contribution in [3.63, 3.8) is 0 Å². The predicted octanol–water partition coefficient (Wildman–Crippen LogP) is 4.66. The number of pyridine rings is 1. The molecular weight excluding hydrogens is 549 g/mol. The maximum Gasteiger partial charge on any atom is 0.416 e. The number of nitrogens with zero attached hydrogens (tertiary/aromatic N) is 4. The smallest absolute Gasteiger partial charge is 0.416 e. The summed E-state index contributed by atoms with van der Waals surface area (Å²) in [5.41, 5.74) is -2.28. The Balaban J connectivity index is 1.36. The highest BCUT2D eigenvalue weighted by Crippen LogP contribution is 2.34. The van der Waals surface area contributed by atoms with E-state index in [1.807, 2.05) is 36.4 Å². The highest BCUT2D eigenvalue weighted by Gasteiger charge is 2.49. The van der Waals surface area contributed by atoms with Crippen LogP contribution in [0.15, 0.2) is 79.0 Å². The minimum Gasteiger partial charge on any atom is -0.481 e. The van der Waals surface area contributed by atoms with E-state index in [0.29, 0.717) is 51.3 Å². The molecule has 42 heavy (non-hydrogen) atoms. The molecule has 1 aromatic heterocycles. The second-order valence-electron chi connectivity index (χ2n) is 10.5. The number of hydrogen-bond acceptors (Lipinski definition) is 6. The van der Waals surface area contributed by atoms with Gasteiger partial charge in [0, 0.05) is 38.9 Å². The third kappa shape index (κ3) is 6.61. The van der Waals surface area contributed by atoms with E-state index in [-0.39, 0.29) is 24.1 Å². The predicted molar refractivity (Wildman–Crippen MR) is 150 cm³/mol. The van der Waals surface area contributed by atoms with Crippen molar-refractivity contribution in [2.45, 2.75) is 37.6 Å². The van der Waals surface area contributed by atoms with Crippen LogP contribution in [-0.4, -0.2) is 77.6 Å². The zero-order valence-electron chi connectivity index (χ0n) is 23.3. The molecule has 2 atom stereocenters. The number of aromatic nitrogens is 1. The number of alkyl halides is 3. The van der Waals surface area contributed by atoms with E-state index in [9.17, 15) is 22.8 Å². The van der Waals surface area contributed by atoms with Gasteiger partial charge in [0.2, 0.25) is 5.60 Å². The van der Waals surface area contributed by atoms with Gasteiger partial charge in [-0.15, -0.1) is 0 Å². The van der Waals surface area contributed by atoms with Crippen LogP contribution in [0.1, 0.15) is 25.3 Å². The topological polar surface area (TPSA) is 75.2 Å². The summed E-state index contributed by atoms with van der Waals surface area (Å²) in [6.45, 7) is 3.95. The molecule has 2 aliphatic heterocycles. The molecule has 0 saturated carbocycles. The van der Waals surface area contributed by atoms with Crippen molar-refractivity contribution in [3.05, 3.63) is 84.6 Å². The van der Waals surface area contributed by atoms with Gasteiger partial charge in [-0.05, 0) is 68.3 Å². The van der Waals surface area contributed by atoms with Crippen molar-refractivity contribution in [2.24, 2.45) is 0 Å². The molecule has 222 valence electrons. The molecule has 0 N–H and O–H groups in total. The van der Waals surface area contributed by atoms with Gasteiger partial charge in [0.15, 0.2) is 6.10 Å². The van der Waals surface area contributed by atoms with Crippen molar-refractivity contribution in [1.29, 1.82) is 0 Å². The van der Waals surface area contributed by atoms with E-state index < -0.39 is 23.4 Å². The largest absolute Gasteiger partial charge is 0.481 e. The first-order chi connectivity index (χ1) is 20.1. The Hall–Kier alpha value is -4.28. The monoisotopic (exact) mass is 582 g/mol. The van der Waals surface area contributed by atoms with Crippen LogP contribution in [-0.2, 0) is 15.8 Å². The van der Waals surface area contributed by atoms with E-state index in [1.165, 1.54) is 12.1 Å². The number of piperazine rings is 1. The van der Waals surface area contributed by atoms with Crippen LogP contribution in [0.3, 0.4) is 0 Å². The molecule has 11 heteroatoms. The number of piperidine rings is 1. The summed E-state index contributed by atoms with van der Waals surface area (Å²) in [7, 11) is 0. The number of rotatable bonds is 7. The fourth-order valence-corrected chi connectivity index (χ4v) is 5.43. The van der Waals surface area contributed by atoms with E-state index in [1.54, 1.807) is 35.1 Å². The van der Waals surface area contributed by atoms with Crippen LogP contribution in [0, 0.1) is 0 Å². The molecule has 2 amide bonds. The Bertz CT molecular complexity index is 1350. The molecule has 3 heterocycles. The number of carbonyl (C=O) groups excluding carboxylic acids is 2. The van der Waals surface area contributed by atoms with Crippen LogP contribution < -0.4 is 14.4 Å². The molecule has 2 aliphatic rings. The molecule has 0 radical (unpaired) electrons. The number of ether oxygens (including phenoxy) is 2. The molecule has 3 aromatic rings. The maximum atomic E-state index is 14.2. The number of hydrogen-bond donors (Lipinski definition) is 0. The van der Waals surface area contributed by atoms with Gasteiger partial charge in [0.25, 0.3) is 11.8 Å². The van der Waals surface area contributed by atoms with Gasteiger partial charge in [0.05, 0.1) is 12.1 Å². The van der Waals surface area contributed by atoms with Gasteiger partial charge in [-0.3, -0.25) is 9.59 Å². The normalized spacial score (nSPS) is 20.1. The van der Waals surface area contributed by atoms with Crippen molar-refractivity contribution < 1.29 is 32.2 Å². The number of amides is 2. The third-order valence-corrected chi connectivity index (χ3v) is 7.60. The van der Waals surface area contributed by atoms with Gasteiger partial charge in [-0.2, -0.15) is 13.2 Å². The van der Waals surface area contributed by atoms with E-state index in [0.717, 1.165) is 18.0 Å². The minimum atomic E-state index is -4.50. The fourth-order valence-electron chi connectivity index (χ4n) is 5.43. The standard InChI is InChI=1S/C31H33F3N4O4/c1-23(41-25-8-3-2-4-9-25)28(39)38-17-7-15-30(22-38,42-26-13-11-24(12-14-26)31(32,33)34)29(40)37-20-18-36(19-21-37)27-10-5-6-16-35-27/h2-6,8-14,16,23H,7,15,17-22H2,1H3. The summed E-state index contributed by atoms with van der Waals surface area (Å²) < 4.78 is 51.7. The lowest BCUT2D eigenvalue weighted by molar-refractivity contribution is -0.159. The van der Waals surface area contributed by atoms with Crippen molar-refractivity contribution in [1.82, 2.24) is 14.8 Å². The lowest BCUT2D eigenvalue weighted by Gasteiger charge is -2.45. The number of halogens is 3. The number of likely N-dealkylation sites (tertiary alicyclic amines) is 1. The Morgan fingerprint density at radius 2 is 1.55 bits per heavy atom. The Morgan fingerprint density at radius 1 is 0.857 bits per heavy atom. The number of para-hydroxylation sites is 1. The Labute approximate surface area is 242 Å². The van der Waals surface area contributed by atoms with Crippen LogP contribution in [0.5, 0.6) is 11.5 Å². The first-order valence-electron chi connectivity index (χ1n) is 14.0. The summed E-state index contributed by atoms with van der Waals surface area (Å²) in [6.07, 6.45) is -2.81. The van der Waals surface area contributed by atoms with E-state index in [4.69, 9.17) is 9.47 Å². The quantitative estimate of drug-likeness (QED) is 0.404. The SMILES string of the molecule is CC(Oc1ccccc1)C(=O)N1CCCC(Oc2ccc(C(F)(F)F)cc2)(C(=O)N2CCN(c3ccccn3)CC2)C1. The molecular formula is C31H33F3N4O4. The summed E-state index contributed by atoms with van der Waals surface area (Å²) in [5.74, 6) is 0.905. The number of carbonyl (C=O) groups is 2. The zero-order chi connectivity index (χ0) is 29.7. The molecule has 8 nitrogen and oxygen atoms in total. The van der Waals surface area contributed by atoms with Gasteiger partial charge in [-0.25, -0.2) is 4.98 Å². The third-order valence-electron chi connectivity index (χ3n) is 7.60. The van der Waals surface area contributed by atoms with Gasteiger partial charge < -0.3 is 24.2 Å². The molecule has 2 fully saturated rings. The first-order valence-corrected chi connectivity index (χ1v) is 14.0.